The monoisotopic (exact) mass is 478 g/mol. The van der Waals surface area contributed by atoms with E-state index in [1.54, 1.807) is 25.1 Å². The lowest BCUT2D eigenvalue weighted by Crippen LogP contribution is -2.49. The van der Waals surface area contributed by atoms with Crippen molar-refractivity contribution >= 4 is 35.0 Å². The third-order valence-corrected chi connectivity index (χ3v) is 5.99. The summed E-state index contributed by atoms with van der Waals surface area (Å²) in [4.78, 5) is 27.4. The number of rotatable bonds is 11. The summed E-state index contributed by atoms with van der Waals surface area (Å²) in [6.45, 7) is 8.36. The van der Waals surface area contributed by atoms with Crippen LogP contribution in [0.3, 0.4) is 0 Å². The Labute approximate surface area is 201 Å². The van der Waals surface area contributed by atoms with Gasteiger partial charge in [0.2, 0.25) is 5.91 Å². The number of hydrogen-bond acceptors (Lipinski definition) is 3. The molecule has 1 atom stereocenters. The Kier molecular flexibility index (Phi) is 10.3. The fraction of sp³-hybridized carbons (Fsp3) is 0.440. The van der Waals surface area contributed by atoms with Crippen LogP contribution in [0.5, 0.6) is 5.75 Å². The molecule has 0 saturated heterocycles. The maximum absolute atomic E-state index is 13.2. The number of unbranched alkanes of at least 4 members (excludes halogenated alkanes) is 1. The van der Waals surface area contributed by atoms with E-state index >= 15 is 0 Å². The summed E-state index contributed by atoms with van der Waals surface area (Å²) in [5.74, 6) is 0.365. The first-order valence-corrected chi connectivity index (χ1v) is 11.7. The Morgan fingerprint density at radius 3 is 2.31 bits per heavy atom. The van der Waals surface area contributed by atoms with E-state index < -0.39 is 6.04 Å². The SMILES string of the molecule is CCCCNC(=O)[C@H](C)N(Cc1c(Cl)cccc1Cl)C(=O)COc1ccccc1C(C)C. The quantitative estimate of drug-likeness (QED) is 0.413. The van der Waals surface area contributed by atoms with Gasteiger partial charge in [-0.15, -0.1) is 0 Å². The standard InChI is InChI=1S/C25H32Cl2N2O3/c1-5-6-14-28-25(31)18(4)29(15-20-21(26)11-9-12-22(20)27)24(30)16-32-23-13-8-7-10-19(23)17(2)3/h7-13,17-18H,5-6,14-16H2,1-4H3,(H,28,31)/t18-/m0/s1. The summed E-state index contributed by atoms with van der Waals surface area (Å²) >= 11 is 12.7. The molecule has 0 heterocycles. The smallest absolute Gasteiger partial charge is 0.261 e. The van der Waals surface area contributed by atoms with Crippen LogP contribution in [-0.4, -0.2) is 35.9 Å². The third-order valence-electron chi connectivity index (χ3n) is 5.28. The lowest BCUT2D eigenvalue weighted by atomic mass is 10.0. The van der Waals surface area contributed by atoms with Gasteiger partial charge >= 0.3 is 0 Å². The molecule has 2 rings (SSSR count). The maximum atomic E-state index is 13.2. The van der Waals surface area contributed by atoms with E-state index in [9.17, 15) is 9.59 Å². The number of nitrogens with zero attached hydrogens (tertiary/aromatic N) is 1. The summed E-state index contributed by atoms with van der Waals surface area (Å²) in [7, 11) is 0. The largest absolute Gasteiger partial charge is 0.483 e. The molecule has 0 unspecified atom stereocenters. The minimum atomic E-state index is -0.712. The van der Waals surface area contributed by atoms with Crippen LogP contribution in [0.1, 0.15) is 57.6 Å². The second-order valence-corrected chi connectivity index (χ2v) is 8.84. The molecule has 0 bridgehead atoms. The number of benzene rings is 2. The fourth-order valence-corrected chi connectivity index (χ4v) is 3.80. The van der Waals surface area contributed by atoms with Crippen LogP contribution in [0.4, 0.5) is 0 Å². The fourth-order valence-electron chi connectivity index (χ4n) is 3.28. The molecule has 2 aromatic rings. The average Bonchev–Trinajstić information content (AvgIpc) is 2.77. The molecule has 0 aliphatic carbocycles. The molecule has 0 aliphatic rings. The molecule has 1 N–H and O–H groups in total. The van der Waals surface area contributed by atoms with Crippen molar-refractivity contribution in [3.05, 3.63) is 63.6 Å². The molecular weight excluding hydrogens is 447 g/mol. The highest BCUT2D eigenvalue weighted by Crippen LogP contribution is 2.28. The van der Waals surface area contributed by atoms with Crippen LogP contribution in [0, 0.1) is 0 Å². The summed E-state index contributed by atoms with van der Waals surface area (Å²) in [6.07, 6.45) is 1.84. The summed E-state index contributed by atoms with van der Waals surface area (Å²) < 4.78 is 5.88. The first-order valence-electron chi connectivity index (χ1n) is 11.0. The lowest BCUT2D eigenvalue weighted by Gasteiger charge is -2.29. The number of carbonyl (C=O) groups is 2. The summed E-state index contributed by atoms with van der Waals surface area (Å²) in [5, 5.41) is 3.78. The molecule has 2 aromatic carbocycles. The summed E-state index contributed by atoms with van der Waals surface area (Å²) in [5.41, 5.74) is 1.62. The van der Waals surface area contributed by atoms with Gasteiger partial charge in [0.1, 0.15) is 11.8 Å². The molecule has 0 fully saturated rings. The number of carbonyl (C=O) groups excluding carboxylic acids is 2. The van der Waals surface area contributed by atoms with Crippen molar-refractivity contribution < 1.29 is 14.3 Å². The van der Waals surface area contributed by atoms with Crippen LogP contribution in [-0.2, 0) is 16.1 Å². The zero-order valence-electron chi connectivity index (χ0n) is 19.2. The molecule has 2 amide bonds. The van der Waals surface area contributed by atoms with Crippen molar-refractivity contribution in [2.24, 2.45) is 0 Å². The molecule has 174 valence electrons. The molecule has 5 nitrogen and oxygen atoms in total. The first-order chi connectivity index (χ1) is 15.3. The van der Waals surface area contributed by atoms with Crippen molar-refractivity contribution in [1.29, 1.82) is 0 Å². The predicted octanol–water partition coefficient (Wildman–Crippen LogP) is 5.83. The normalized spacial score (nSPS) is 11.8. The van der Waals surface area contributed by atoms with Crippen molar-refractivity contribution in [2.45, 2.75) is 59.0 Å². The van der Waals surface area contributed by atoms with Gasteiger partial charge < -0.3 is 15.0 Å². The van der Waals surface area contributed by atoms with Crippen LogP contribution < -0.4 is 10.1 Å². The highest BCUT2D eigenvalue weighted by molar-refractivity contribution is 6.36. The van der Waals surface area contributed by atoms with Gasteiger partial charge in [0.05, 0.1) is 0 Å². The molecule has 0 radical (unpaired) electrons. The molecule has 0 aliphatic heterocycles. The van der Waals surface area contributed by atoms with Crippen molar-refractivity contribution in [2.75, 3.05) is 13.2 Å². The number of halogens is 2. The third kappa shape index (κ3) is 7.14. The van der Waals surface area contributed by atoms with Gasteiger partial charge in [-0.1, -0.05) is 74.7 Å². The Morgan fingerprint density at radius 2 is 1.69 bits per heavy atom. The molecule has 7 heteroatoms. The Balaban J connectivity index is 2.23. The van der Waals surface area contributed by atoms with E-state index in [-0.39, 0.29) is 30.9 Å². The van der Waals surface area contributed by atoms with E-state index in [4.69, 9.17) is 27.9 Å². The van der Waals surface area contributed by atoms with E-state index in [2.05, 4.69) is 26.1 Å². The highest BCUT2D eigenvalue weighted by Gasteiger charge is 2.28. The molecule has 0 saturated carbocycles. The summed E-state index contributed by atoms with van der Waals surface area (Å²) in [6, 6.07) is 12.1. The first kappa shape index (κ1) is 26.0. The van der Waals surface area contributed by atoms with Crippen LogP contribution in [0.25, 0.3) is 0 Å². The van der Waals surface area contributed by atoms with E-state index in [1.165, 1.54) is 4.90 Å². The minimum Gasteiger partial charge on any atom is -0.483 e. The number of para-hydroxylation sites is 1. The average molecular weight is 479 g/mol. The Morgan fingerprint density at radius 1 is 1.03 bits per heavy atom. The van der Waals surface area contributed by atoms with Gasteiger partial charge in [-0.3, -0.25) is 9.59 Å². The highest BCUT2D eigenvalue weighted by atomic mass is 35.5. The van der Waals surface area contributed by atoms with Gasteiger partial charge in [0.25, 0.3) is 5.91 Å². The van der Waals surface area contributed by atoms with Gasteiger partial charge in [0, 0.05) is 28.7 Å². The predicted molar refractivity (Wildman–Crippen MR) is 130 cm³/mol. The molecular formula is C25H32Cl2N2O3. The number of ether oxygens (including phenoxy) is 1. The lowest BCUT2D eigenvalue weighted by molar-refractivity contribution is -0.142. The van der Waals surface area contributed by atoms with Gasteiger partial charge in [0.15, 0.2) is 6.61 Å². The topological polar surface area (TPSA) is 58.6 Å². The van der Waals surface area contributed by atoms with Gasteiger partial charge in [-0.05, 0) is 43.0 Å². The van der Waals surface area contributed by atoms with Crippen molar-refractivity contribution in [3.8, 4) is 5.75 Å². The molecule has 0 spiro atoms. The maximum Gasteiger partial charge on any atom is 0.261 e. The number of nitrogens with one attached hydrogen (secondary N) is 1. The van der Waals surface area contributed by atoms with Crippen LogP contribution in [0.2, 0.25) is 10.0 Å². The minimum absolute atomic E-state index is 0.106. The number of amides is 2. The van der Waals surface area contributed by atoms with E-state index in [0.29, 0.717) is 27.9 Å². The van der Waals surface area contributed by atoms with Gasteiger partial charge in [-0.2, -0.15) is 0 Å². The Bertz CT molecular complexity index is 898. The van der Waals surface area contributed by atoms with E-state index in [1.807, 2.05) is 24.3 Å². The molecule has 32 heavy (non-hydrogen) atoms. The van der Waals surface area contributed by atoms with Crippen molar-refractivity contribution in [1.82, 2.24) is 10.2 Å². The van der Waals surface area contributed by atoms with Crippen molar-refractivity contribution in [3.63, 3.8) is 0 Å². The number of hydrogen-bond donors (Lipinski definition) is 1. The molecule has 0 aromatic heterocycles. The van der Waals surface area contributed by atoms with Crippen LogP contribution >= 0.6 is 23.2 Å². The van der Waals surface area contributed by atoms with Gasteiger partial charge in [-0.25, -0.2) is 0 Å². The zero-order chi connectivity index (χ0) is 23.7. The second-order valence-electron chi connectivity index (χ2n) is 8.02. The Hall–Kier alpha value is -2.24. The van der Waals surface area contributed by atoms with E-state index in [0.717, 1.165) is 18.4 Å². The zero-order valence-corrected chi connectivity index (χ0v) is 20.7. The van der Waals surface area contributed by atoms with Crippen LogP contribution in [0.15, 0.2) is 42.5 Å². The second kappa shape index (κ2) is 12.7.